The van der Waals surface area contributed by atoms with Crippen molar-refractivity contribution in [3.05, 3.63) is 10.4 Å². The van der Waals surface area contributed by atoms with Crippen molar-refractivity contribution in [1.82, 2.24) is 10.6 Å². The molecule has 0 heterocycles. The number of nitrogens with one attached hydrogen (secondary N) is 2. The molecule has 0 aliphatic carbocycles. The molecule has 0 saturated carbocycles. The Morgan fingerprint density at radius 1 is 1.08 bits per heavy atom. The van der Waals surface area contributed by atoms with Crippen LogP contribution in [0.5, 0.6) is 0 Å². The summed E-state index contributed by atoms with van der Waals surface area (Å²) in [6.07, 6.45) is 5.45. The molecular weight excluding hydrogens is 508 g/mol. The first kappa shape index (κ1) is 35.5. The van der Waals surface area contributed by atoms with Crippen molar-refractivity contribution in [1.29, 1.82) is 0 Å². The van der Waals surface area contributed by atoms with Crippen molar-refractivity contribution < 1.29 is 33.4 Å². The molecule has 13 nitrogen and oxygen atoms in total. The highest BCUT2D eigenvalue weighted by Crippen LogP contribution is 2.25. The molecular formula is C26H42N6O7. The standard InChI is InChI=1S/C26H42N6O7/c1-9-13-39-16-17(21(35)30-26(6,7)23(37)38-8)14-20(34)25(4,5)31-22(36)24(2,3)15-19(33)18(27)11-10-12-29-32-28/h1,17-18H,10-16,27H2,2-8H3,(H,30,35)(H,31,36)/t17-,18-/m0/s1. The Kier molecular flexibility index (Phi) is 14.4. The quantitative estimate of drug-likeness (QED) is 0.0569. The topological polar surface area (TPSA) is 203 Å². The summed E-state index contributed by atoms with van der Waals surface area (Å²) in [6.45, 7) is 8.94. The molecule has 0 bridgehead atoms. The summed E-state index contributed by atoms with van der Waals surface area (Å²) in [7, 11) is 1.19. The van der Waals surface area contributed by atoms with E-state index in [2.05, 4.69) is 26.6 Å². The third-order valence-corrected chi connectivity index (χ3v) is 6.04. The minimum Gasteiger partial charge on any atom is -0.467 e. The number of hydrogen-bond acceptors (Lipinski definition) is 9. The lowest BCUT2D eigenvalue weighted by molar-refractivity contribution is -0.150. The number of ether oxygens (including phenoxy) is 2. The van der Waals surface area contributed by atoms with Crippen LogP contribution < -0.4 is 16.4 Å². The summed E-state index contributed by atoms with van der Waals surface area (Å²) in [6, 6.07) is -0.822. The lowest BCUT2D eigenvalue weighted by Gasteiger charge is -2.32. The number of Topliss-reactive ketones (excluding diaryl/α,β-unsaturated/α-hetero) is 2. The van der Waals surface area contributed by atoms with E-state index in [9.17, 15) is 24.0 Å². The highest BCUT2D eigenvalue weighted by molar-refractivity contribution is 5.98. The van der Waals surface area contributed by atoms with E-state index in [1.54, 1.807) is 13.8 Å². The summed E-state index contributed by atoms with van der Waals surface area (Å²) in [5, 5.41) is 8.62. The van der Waals surface area contributed by atoms with Gasteiger partial charge >= 0.3 is 5.97 Å². The van der Waals surface area contributed by atoms with E-state index in [0.717, 1.165) is 0 Å². The number of carbonyl (C=O) groups excluding carboxylic acids is 5. The molecule has 0 radical (unpaired) electrons. The van der Waals surface area contributed by atoms with Crippen molar-refractivity contribution in [2.24, 2.45) is 22.2 Å². The molecule has 0 aliphatic rings. The Bertz CT molecular complexity index is 993. The van der Waals surface area contributed by atoms with Gasteiger partial charge in [-0.2, -0.15) is 0 Å². The number of terminal acetylenes is 1. The van der Waals surface area contributed by atoms with Crippen LogP contribution in [0.3, 0.4) is 0 Å². The second-order valence-electron chi connectivity index (χ2n) is 11.0. The highest BCUT2D eigenvalue weighted by atomic mass is 16.5. The normalized spacial score (nSPS) is 13.2. The Labute approximate surface area is 229 Å². The molecule has 0 unspecified atom stereocenters. The van der Waals surface area contributed by atoms with E-state index in [4.69, 9.17) is 27.2 Å². The highest BCUT2D eigenvalue weighted by Gasteiger charge is 2.40. The molecule has 0 aromatic carbocycles. The van der Waals surface area contributed by atoms with E-state index in [0.29, 0.717) is 12.8 Å². The fraction of sp³-hybridized carbons (Fsp3) is 0.731. The van der Waals surface area contributed by atoms with Gasteiger partial charge in [0, 0.05) is 24.3 Å². The second-order valence-corrected chi connectivity index (χ2v) is 11.0. The molecule has 2 amide bonds. The van der Waals surface area contributed by atoms with Gasteiger partial charge in [-0.25, -0.2) is 4.79 Å². The number of esters is 1. The van der Waals surface area contributed by atoms with Crippen LogP contribution in [0.25, 0.3) is 10.4 Å². The fourth-order valence-electron chi connectivity index (χ4n) is 3.44. The van der Waals surface area contributed by atoms with E-state index >= 15 is 0 Å². The van der Waals surface area contributed by atoms with Gasteiger partial charge in [0.1, 0.15) is 12.1 Å². The summed E-state index contributed by atoms with van der Waals surface area (Å²) in [5.41, 5.74) is 10.3. The van der Waals surface area contributed by atoms with Crippen LogP contribution in [0.15, 0.2) is 5.11 Å². The molecule has 0 saturated heterocycles. The predicted octanol–water partition coefficient (Wildman–Crippen LogP) is 1.58. The Balaban J connectivity index is 5.43. The maximum Gasteiger partial charge on any atom is 0.330 e. The zero-order chi connectivity index (χ0) is 30.4. The van der Waals surface area contributed by atoms with E-state index in [1.807, 2.05) is 0 Å². The minimum absolute atomic E-state index is 0.0889. The van der Waals surface area contributed by atoms with Gasteiger partial charge in [0.15, 0.2) is 11.6 Å². The Hall–Kier alpha value is -3.46. The average molecular weight is 551 g/mol. The molecule has 2 atom stereocenters. The molecule has 0 rings (SSSR count). The van der Waals surface area contributed by atoms with Crippen LogP contribution >= 0.6 is 0 Å². The first-order chi connectivity index (χ1) is 17.9. The maximum absolute atomic E-state index is 13.2. The molecule has 0 spiro atoms. The van der Waals surface area contributed by atoms with Crippen LogP contribution in [-0.2, 0) is 33.4 Å². The predicted molar refractivity (Wildman–Crippen MR) is 144 cm³/mol. The van der Waals surface area contributed by atoms with Gasteiger partial charge in [0.05, 0.1) is 36.6 Å². The third-order valence-electron chi connectivity index (χ3n) is 6.04. The molecule has 4 N–H and O–H groups in total. The SMILES string of the molecule is C#CCOC[C@H](CC(=O)C(C)(C)NC(=O)C(C)(C)CC(=O)[C@@H](N)CCCN=[N+]=[N-])C(=O)NC(C)(C)C(=O)OC. The summed E-state index contributed by atoms with van der Waals surface area (Å²) >= 11 is 0. The third kappa shape index (κ3) is 12.3. The summed E-state index contributed by atoms with van der Waals surface area (Å²) in [5.74, 6) is -1.40. The second kappa shape index (κ2) is 15.8. The summed E-state index contributed by atoms with van der Waals surface area (Å²) < 4.78 is 10.00. The number of hydrogen-bond donors (Lipinski definition) is 3. The monoisotopic (exact) mass is 550 g/mol. The molecule has 0 aliphatic heterocycles. The molecule has 0 aromatic heterocycles. The van der Waals surface area contributed by atoms with Crippen LogP contribution in [0.4, 0.5) is 0 Å². The van der Waals surface area contributed by atoms with Crippen LogP contribution in [-0.4, -0.2) is 73.3 Å². The number of nitrogens with two attached hydrogens (primary N) is 1. The molecule has 218 valence electrons. The number of rotatable bonds is 18. The van der Waals surface area contributed by atoms with Gasteiger partial charge in [-0.15, -0.1) is 6.42 Å². The van der Waals surface area contributed by atoms with E-state index < -0.39 is 52.0 Å². The van der Waals surface area contributed by atoms with Crippen molar-refractivity contribution in [3.63, 3.8) is 0 Å². The average Bonchev–Trinajstić information content (AvgIpc) is 2.84. The Morgan fingerprint density at radius 3 is 2.23 bits per heavy atom. The summed E-state index contributed by atoms with van der Waals surface area (Å²) in [4.78, 5) is 66.5. The zero-order valence-electron chi connectivity index (χ0n) is 24.0. The van der Waals surface area contributed by atoms with Crippen LogP contribution in [0.1, 0.15) is 67.2 Å². The van der Waals surface area contributed by atoms with Crippen molar-refractivity contribution >= 4 is 29.4 Å². The van der Waals surface area contributed by atoms with E-state index in [1.165, 1.54) is 34.8 Å². The number of carbonyl (C=O) groups is 5. The van der Waals surface area contributed by atoms with Gasteiger partial charge < -0.3 is 25.8 Å². The molecule has 13 heteroatoms. The largest absolute Gasteiger partial charge is 0.467 e. The lowest BCUT2D eigenvalue weighted by Crippen LogP contribution is -2.56. The van der Waals surface area contributed by atoms with Crippen molar-refractivity contribution in [2.75, 3.05) is 26.9 Å². The van der Waals surface area contributed by atoms with E-state index in [-0.39, 0.29) is 38.4 Å². The fourth-order valence-corrected chi connectivity index (χ4v) is 3.44. The zero-order valence-corrected chi connectivity index (χ0v) is 24.0. The number of methoxy groups -OCH3 is 1. The van der Waals surface area contributed by atoms with Crippen molar-refractivity contribution in [3.8, 4) is 12.3 Å². The lowest BCUT2D eigenvalue weighted by atomic mass is 9.82. The first-order valence-corrected chi connectivity index (χ1v) is 12.5. The number of ketones is 2. The van der Waals surface area contributed by atoms with Gasteiger partial charge in [-0.1, -0.05) is 24.9 Å². The van der Waals surface area contributed by atoms with Crippen LogP contribution in [0, 0.1) is 23.7 Å². The first-order valence-electron chi connectivity index (χ1n) is 12.5. The molecule has 39 heavy (non-hydrogen) atoms. The van der Waals surface area contributed by atoms with Gasteiger partial charge in [0.25, 0.3) is 0 Å². The van der Waals surface area contributed by atoms with Gasteiger partial charge in [-0.3, -0.25) is 19.2 Å². The van der Waals surface area contributed by atoms with Gasteiger partial charge in [-0.05, 0) is 46.1 Å². The number of azide groups is 1. The molecule has 0 fully saturated rings. The molecule has 0 aromatic rings. The minimum atomic E-state index is -1.41. The van der Waals surface area contributed by atoms with Crippen LogP contribution in [0.2, 0.25) is 0 Å². The smallest absolute Gasteiger partial charge is 0.330 e. The van der Waals surface area contributed by atoms with Crippen molar-refractivity contribution in [2.45, 2.75) is 84.3 Å². The maximum atomic E-state index is 13.2. The number of nitrogens with zero attached hydrogens (tertiary/aromatic N) is 3. The Morgan fingerprint density at radius 2 is 1.69 bits per heavy atom. The number of amides is 2. The van der Waals surface area contributed by atoms with Gasteiger partial charge in [0.2, 0.25) is 11.8 Å².